The number of pyridine rings is 1. The van der Waals surface area contributed by atoms with Crippen molar-refractivity contribution in [2.45, 2.75) is 9.92 Å². The lowest BCUT2D eigenvalue weighted by atomic mass is 10.2. The second kappa shape index (κ2) is 6.27. The molecule has 0 aliphatic rings. The molecule has 0 aliphatic heterocycles. The first-order valence-corrected chi connectivity index (χ1v) is 7.16. The summed E-state index contributed by atoms with van der Waals surface area (Å²) in [7, 11) is 0. The Kier molecular flexibility index (Phi) is 4.68. The Hall–Kier alpha value is -1.24. The summed E-state index contributed by atoms with van der Waals surface area (Å²) in [4.78, 5) is 5.19. The van der Waals surface area contributed by atoms with E-state index in [0.29, 0.717) is 10.6 Å². The molecule has 1 aromatic carbocycles. The maximum atomic E-state index is 8.63. The third kappa shape index (κ3) is 3.62. The zero-order chi connectivity index (χ0) is 13.8. The van der Waals surface area contributed by atoms with Crippen molar-refractivity contribution in [2.75, 3.05) is 0 Å². The molecule has 0 unspecified atom stereocenters. The highest BCUT2D eigenvalue weighted by atomic mass is 79.9. The minimum atomic E-state index is 0.0712. The molecule has 19 heavy (non-hydrogen) atoms. The van der Waals surface area contributed by atoms with Gasteiger partial charge in [-0.05, 0) is 46.3 Å². The van der Waals surface area contributed by atoms with E-state index in [2.05, 4.69) is 26.1 Å². The van der Waals surface area contributed by atoms with Crippen LogP contribution in [0.2, 0.25) is 5.02 Å². The van der Waals surface area contributed by atoms with E-state index in [-0.39, 0.29) is 5.84 Å². The fraction of sp³-hybridized carbons (Fsp3) is 0. The van der Waals surface area contributed by atoms with Crippen molar-refractivity contribution in [3.63, 3.8) is 0 Å². The molecule has 0 bridgehead atoms. The minimum Gasteiger partial charge on any atom is -0.409 e. The van der Waals surface area contributed by atoms with Gasteiger partial charge in [0.2, 0.25) is 0 Å². The van der Waals surface area contributed by atoms with Crippen LogP contribution in [0.1, 0.15) is 5.56 Å². The van der Waals surface area contributed by atoms with E-state index in [9.17, 15) is 0 Å². The van der Waals surface area contributed by atoms with E-state index in [1.165, 1.54) is 11.8 Å². The third-order valence-corrected chi connectivity index (χ3v) is 4.42. The van der Waals surface area contributed by atoms with Crippen molar-refractivity contribution in [1.82, 2.24) is 4.98 Å². The maximum absolute atomic E-state index is 8.63. The number of halogens is 2. The van der Waals surface area contributed by atoms with E-state index >= 15 is 0 Å². The number of aromatic nitrogens is 1. The molecule has 98 valence electrons. The molecule has 4 nitrogen and oxygen atoms in total. The summed E-state index contributed by atoms with van der Waals surface area (Å²) in [5.41, 5.74) is 6.17. The highest BCUT2D eigenvalue weighted by molar-refractivity contribution is 9.10. The van der Waals surface area contributed by atoms with Crippen LogP contribution in [0.3, 0.4) is 0 Å². The molecule has 1 heterocycles. The zero-order valence-electron chi connectivity index (χ0n) is 9.55. The van der Waals surface area contributed by atoms with Crippen molar-refractivity contribution in [2.24, 2.45) is 10.9 Å². The van der Waals surface area contributed by atoms with Crippen LogP contribution in [0.4, 0.5) is 0 Å². The van der Waals surface area contributed by atoms with Crippen molar-refractivity contribution >= 4 is 45.1 Å². The molecule has 2 aromatic rings. The first-order chi connectivity index (χ1) is 9.10. The van der Waals surface area contributed by atoms with Gasteiger partial charge in [-0.15, -0.1) is 0 Å². The summed E-state index contributed by atoms with van der Waals surface area (Å²) in [5, 5.41) is 13.0. The predicted octanol–water partition coefficient (Wildman–Crippen LogP) is 3.74. The molecule has 0 saturated heterocycles. The average molecular weight is 359 g/mol. The Balaban J connectivity index is 2.24. The number of oxime groups is 1. The second-order valence-electron chi connectivity index (χ2n) is 3.55. The van der Waals surface area contributed by atoms with Gasteiger partial charge in [-0.25, -0.2) is 4.98 Å². The van der Waals surface area contributed by atoms with Gasteiger partial charge in [0.25, 0.3) is 0 Å². The Morgan fingerprint density at radius 2 is 2.16 bits per heavy atom. The summed E-state index contributed by atoms with van der Waals surface area (Å²) in [6.45, 7) is 0. The fourth-order valence-corrected chi connectivity index (χ4v) is 2.83. The van der Waals surface area contributed by atoms with Gasteiger partial charge in [-0.1, -0.05) is 28.5 Å². The molecule has 0 saturated carbocycles. The molecule has 0 amide bonds. The van der Waals surface area contributed by atoms with Crippen LogP contribution < -0.4 is 5.73 Å². The molecule has 2 rings (SSSR count). The van der Waals surface area contributed by atoms with Crippen LogP contribution in [0.15, 0.2) is 56.1 Å². The molecule has 0 atom stereocenters. The van der Waals surface area contributed by atoms with Crippen molar-refractivity contribution in [1.29, 1.82) is 0 Å². The van der Waals surface area contributed by atoms with Gasteiger partial charge in [-0.3, -0.25) is 0 Å². The number of benzene rings is 1. The lowest BCUT2D eigenvalue weighted by molar-refractivity contribution is 0.318. The van der Waals surface area contributed by atoms with E-state index in [4.69, 9.17) is 22.5 Å². The molecule has 3 N–H and O–H groups in total. The van der Waals surface area contributed by atoms with Gasteiger partial charge in [-0.2, -0.15) is 0 Å². The van der Waals surface area contributed by atoms with Gasteiger partial charge in [0, 0.05) is 21.1 Å². The highest BCUT2D eigenvalue weighted by Gasteiger charge is 2.07. The van der Waals surface area contributed by atoms with E-state index < -0.39 is 0 Å². The lowest BCUT2D eigenvalue weighted by Crippen LogP contribution is -2.12. The maximum Gasteiger partial charge on any atom is 0.170 e. The second-order valence-corrected chi connectivity index (χ2v) is 5.90. The standard InChI is InChI=1S/C12H9BrClN3OS/c13-9-5-7(12(15)17-18)1-3-10(9)19-11-4-2-8(14)6-16-11/h1-6,18H,(H2,15,17). The lowest BCUT2D eigenvalue weighted by Gasteiger charge is -2.06. The van der Waals surface area contributed by atoms with Crippen LogP contribution in [-0.4, -0.2) is 16.0 Å². The van der Waals surface area contributed by atoms with Gasteiger partial charge in [0.15, 0.2) is 5.84 Å². The smallest absolute Gasteiger partial charge is 0.170 e. The summed E-state index contributed by atoms with van der Waals surface area (Å²) in [6.07, 6.45) is 1.60. The van der Waals surface area contributed by atoms with Crippen molar-refractivity contribution in [3.05, 3.63) is 51.6 Å². The largest absolute Gasteiger partial charge is 0.409 e. The number of nitrogens with zero attached hydrogens (tertiary/aromatic N) is 2. The third-order valence-electron chi connectivity index (χ3n) is 2.25. The zero-order valence-corrected chi connectivity index (χ0v) is 12.7. The van der Waals surface area contributed by atoms with Gasteiger partial charge in [0.1, 0.15) is 5.03 Å². The topological polar surface area (TPSA) is 71.5 Å². The van der Waals surface area contributed by atoms with Crippen molar-refractivity contribution in [3.8, 4) is 0 Å². The van der Waals surface area contributed by atoms with E-state index in [0.717, 1.165) is 14.4 Å². The number of rotatable bonds is 3. The Bertz CT molecular complexity index is 619. The molecule has 0 radical (unpaired) electrons. The summed E-state index contributed by atoms with van der Waals surface area (Å²) < 4.78 is 0.846. The number of hydrogen-bond acceptors (Lipinski definition) is 4. The first-order valence-electron chi connectivity index (χ1n) is 5.17. The molecule has 0 aliphatic carbocycles. The molecular weight excluding hydrogens is 350 g/mol. The van der Waals surface area contributed by atoms with Crippen LogP contribution in [0.5, 0.6) is 0 Å². The SMILES string of the molecule is N/C(=N/O)c1ccc(Sc2ccc(Cl)cn2)c(Br)c1. The normalized spacial score (nSPS) is 11.6. The van der Waals surface area contributed by atoms with Crippen molar-refractivity contribution < 1.29 is 5.21 Å². The Morgan fingerprint density at radius 1 is 1.37 bits per heavy atom. The number of nitrogens with two attached hydrogens (primary N) is 1. The number of hydrogen-bond donors (Lipinski definition) is 2. The summed E-state index contributed by atoms with van der Waals surface area (Å²) >= 11 is 10.7. The van der Waals surface area contributed by atoms with Crippen LogP contribution in [0, 0.1) is 0 Å². The van der Waals surface area contributed by atoms with Crippen LogP contribution >= 0.6 is 39.3 Å². The molecule has 0 spiro atoms. The van der Waals surface area contributed by atoms with E-state index in [1.807, 2.05) is 12.1 Å². The predicted molar refractivity (Wildman–Crippen MR) is 80.0 cm³/mol. The average Bonchev–Trinajstić information content (AvgIpc) is 2.42. The summed E-state index contributed by atoms with van der Waals surface area (Å²) in [5.74, 6) is 0.0712. The summed E-state index contributed by atoms with van der Waals surface area (Å²) in [6, 6.07) is 9.07. The highest BCUT2D eigenvalue weighted by Crippen LogP contribution is 2.33. The van der Waals surface area contributed by atoms with E-state index in [1.54, 1.807) is 24.4 Å². The van der Waals surface area contributed by atoms with Gasteiger partial charge in [0.05, 0.1) is 5.02 Å². The quantitative estimate of drug-likeness (QED) is 0.379. The molecule has 7 heteroatoms. The number of amidine groups is 1. The van der Waals surface area contributed by atoms with Gasteiger partial charge < -0.3 is 10.9 Å². The first kappa shape index (κ1) is 14.2. The molecule has 1 aromatic heterocycles. The fourth-order valence-electron chi connectivity index (χ4n) is 1.34. The Morgan fingerprint density at radius 3 is 2.74 bits per heavy atom. The molecular formula is C12H9BrClN3OS. The molecule has 0 fully saturated rings. The minimum absolute atomic E-state index is 0.0712. The van der Waals surface area contributed by atoms with Gasteiger partial charge >= 0.3 is 0 Å². The van der Waals surface area contributed by atoms with Crippen LogP contribution in [0.25, 0.3) is 0 Å². The van der Waals surface area contributed by atoms with Crippen LogP contribution in [-0.2, 0) is 0 Å². The monoisotopic (exact) mass is 357 g/mol. The Labute approximate surface area is 127 Å².